The molecule has 2 unspecified atom stereocenters. The molecular weight excluding hydrogens is 554 g/mol. The number of fused-ring (bicyclic) bond motifs is 2. The lowest BCUT2D eigenvalue weighted by atomic mass is 9.83. The Kier molecular flexibility index (Phi) is 10.7. The van der Waals surface area contributed by atoms with Gasteiger partial charge in [0.05, 0.1) is 33.0 Å². The van der Waals surface area contributed by atoms with Crippen molar-refractivity contribution in [1.29, 1.82) is 0 Å². The fourth-order valence-corrected chi connectivity index (χ4v) is 5.98. The highest BCUT2D eigenvalue weighted by Gasteiger charge is 2.39. The van der Waals surface area contributed by atoms with Gasteiger partial charge in [-0.15, -0.1) is 0 Å². The van der Waals surface area contributed by atoms with Crippen LogP contribution in [0.15, 0.2) is 84.4 Å². The van der Waals surface area contributed by atoms with E-state index in [-0.39, 0.29) is 23.9 Å². The monoisotopic (exact) mass is 597 g/mol. The van der Waals surface area contributed by atoms with Gasteiger partial charge < -0.3 is 29.3 Å². The van der Waals surface area contributed by atoms with Crippen LogP contribution in [-0.4, -0.2) is 80.7 Å². The highest BCUT2D eigenvalue weighted by atomic mass is 16.5. The SMILES string of the molecule is COc1ccccc1COCCCOc1ccc(C2=C(C(=O)N(C)CCc3ccccc3)C3CN(C(C)=O)CC(C2)N3)cc1. The summed E-state index contributed by atoms with van der Waals surface area (Å²) >= 11 is 0. The molecule has 2 aliphatic rings. The largest absolute Gasteiger partial charge is 0.496 e. The molecule has 2 bridgehead atoms. The second-order valence-corrected chi connectivity index (χ2v) is 11.5. The molecule has 1 N–H and O–H groups in total. The third-order valence-corrected chi connectivity index (χ3v) is 8.36. The topological polar surface area (TPSA) is 80.3 Å². The summed E-state index contributed by atoms with van der Waals surface area (Å²) in [5.41, 5.74) is 5.04. The van der Waals surface area contributed by atoms with Gasteiger partial charge in [0.2, 0.25) is 5.91 Å². The average molecular weight is 598 g/mol. The molecule has 232 valence electrons. The van der Waals surface area contributed by atoms with Crippen molar-refractivity contribution >= 4 is 17.4 Å². The molecule has 2 amide bonds. The number of likely N-dealkylation sites (N-methyl/N-ethyl adjacent to an activating group) is 1. The number of para-hydroxylation sites is 1. The first kappa shape index (κ1) is 31.3. The van der Waals surface area contributed by atoms with Gasteiger partial charge in [-0.2, -0.15) is 0 Å². The van der Waals surface area contributed by atoms with E-state index in [9.17, 15) is 9.59 Å². The number of benzene rings is 3. The number of carbonyl (C=O) groups is 2. The molecule has 44 heavy (non-hydrogen) atoms. The number of carbonyl (C=O) groups excluding carboxylic acids is 2. The van der Waals surface area contributed by atoms with E-state index in [0.717, 1.165) is 46.6 Å². The molecule has 2 atom stereocenters. The van der Waals surface area contributed by atoms with Crippen molar-refractivity contribution in [2.24, 2.45) is 0 Å². The van der Waals surface area contributed by atoms with Gasteiger partial charge in [0, 0.05) is 57.2 Å². The zero-order valence-corrected chi connectivity index (χ0v) is 26.0. The normalized spacial score (nSPS) is 17.8. The smallest absolute Gasteiger partial charge is 0.251 e. The highest BCUT2D eigenvalue weighted by molar-refractivity contribution is 6.03. The number of piperazine rings is 1. The summed E-state index contributed by atoms with van der Waals surface area (Å²) in [6, 6.07) is 26.0. The van der Waals surface area contributed by atoms with Crippen LogP contribution in [-0.2, 0) is 27.4 Å². The van der Waals surface area contributed by atoms with E-state index < -0.39 is 0 Å². The van der Waals surface area contributed by atoms with Gasteiger partial charge in [0.25, 0.3) is 5.91 Å². The van der Waals surface area contributed by atoms with Crippen LogP contribution in [0.3, 0.4) is 0 Å². The molecule has 8 heteroatoms. The van der Waals surface area contributed by atoms with Crippen molar-refractivity contribution in [3.05, 3.63) is 101 Å². The van der Waals surface area contributed by atoms with E-state index in [1.807, 2.05) is 83.6 Å². The molecule has 5 rings (SSSR count). The Balaban J connectivity index is 1.23. The van der Waals surface area contributed by atoms with Crippen LogP contribution in [0.1, 0.15) is 36.5 Å². The van der Waals surface area contributed by atoms with E-state index in [1.165, 1.54) is 5.56 Å². The van der Waals surface area contributed by atoms with Gasteiger partial charge in [0.15, 0.2) is 0 Å². The van der Waals surface area contributed by atoms with Gasteiger partial charge in [-0.25, -0.2) is 0 Å². The van der Waals surface area contributed by atoms with Crippen LogP contribution in [0.2, 0.25) is 0 Å². The number of hydrogen-bond acceptors (Lipinski definition) is 6. The molecule has 0 aliphatic carbocycles. The van der Waals surface area contributed by atoms with Crippen molar-refractivity contribution in [3.63, 3.8) is 0 Å². The van der Waals surface area contributed by atoms with Gasteiger partial charge in [-0.1, -0.05) is 60.7 Å². The molecule has 2 aliphatic heterocycles. The lowest BCUT2D eigenvalue weighted by Gasteiger charge is -2.44. The third kappa shape index (κ3) is 7.87. The summed E-state index contributed by atoms with van der Waals surface area (Å²) in [5, 5.41) is 3.63. The van der Waals surface area contributed by atoms with E-state index in [0.29, 0.717) is 45.9 Å². The predicted molar refractivity (Wildman–Crippen MR) is 171 cm³/mol. The molecular formula is C36H43N3O5. The Bertz CT molecular complexity index is 1440. The summed E-state index contributed by atoms with van der Waals surface area (Å²) in [4.78, 5) is 29.9. The first-order valence-corrected chi connectivity index (χ1v) is 15.4. The fourth-order valence-electron chi connectivity index (χ4n) is 5.98. The minimum absolute atomic E-state index is 0.00531. The average Bonchev–Trinajstić information content (AvgIpc) is 3.05. The first-order valence-electron chi connectivity index (χ1n) is 15.4. The van der Waals surface area contributed by atoms with E-state index >= 15 is 0 Å². The zero-order chi connectivity index (χ0) is 30.9. The summed E-state index contributed by atoms with van der Waals surface area (Å²) in [7, 11) is 3.53. The van der Waals surface area contributed by atoms with E-state index in [1.54, 1.807) is 14.0 Å². The van der Waals surface area contributed by atoms with Crippen molar-refractivity contribution < 1.29 is 23.8 Å². The maximum Gasteiger partial charge on any atom is 0.251 e. The Labute approximate surface area is 260 Å². The summed E-state index contributed by atoms with van der Waals surface area (Å²) < 4.78 is 17.2. The summed E-state index contributed by atoms with van der Waals surface area (Å²) in [6.45, 7) is 4.96. The second kappa shape index (κ2) is 15.0. The molecule has 2 heterocycles. The Morgan fingerprint density at radius 2 is 1.70 bits per heavy atom. The van der Waals surface area contributed by atoms with Gasteiger partial charge in [0.1, 0.15) is 11.5 Å². The number of nitrogens with zero attached hydrogens (tertiary/aromatic N) is 2. The molecule has 8 nitrogen and oxygen atoms in total. The number of rotatable bonds is 13. The lowest BCUT2D eigenvalue weighted by molar-refractivity contribution is -0.132. The van der Waals surface area contributed by atoms with Crippen molar-refractivity contribution in [1.82, 2.24) is 15.1 Å². The lowest BCUT2D eigenvalue weighted by Crippen LogP contribution is -2.61. The molecule has 0 aromatic heterocycles. The minimum Gasteiger partial charge on any atom is -0.496 e. The molecule has 3 aromatic carbocycles. The Hall–Kier alpha value is -4.14. The van der Waals surface area contributed by atoms with Crippen molar-refractivity contribution in [2.45, 2.75) is 44.9 Å². The van der Waals surface area contributed by atoms with Crippen LogP contribution in [0.5, 0.6) is 11.5 Å². The van der Waals surface area contributed by atoms with Crippen LogP contribution >= 0.6 is 0 Å². The molecule has 0 saturated carbocycles. The van der Waals surface area contributed by atoms with Gasteiger partial charge >= 0.3 is 0 Å². The number of amides is 2. The maximum atomic E-state index is 14.0. The van der Waals surface area contributed by atoms with Crippen LogP contribution in [0.25, 0.3) is 5.57 Å². The maximum absolute atomic E-state index is 14.0. The molecule has 3 aromatic rings. The van der Waals surface area contributed by atoms with Gasteiger partial charge in [-0.05, 0) is 47.7 Å². The van der Waals surface area contributed by atoms with Crippen LogP contribution < -0.4 is 14.8 Å². The standard InChI is InChI=1S/C36H43N3O5/c1-26(40)39-23-30-22-32(35(33(24-39)37-30)36(41)38(2)19-18-27-10-5-4-6-11-27)28-14-16-31(17-15-28)44-21-9-20-43-25-29-12-7-8-13-34(29)42-3/h4-8,10-17,30,33,37H,9,18-25H2,1-3H3. The molecule has 1 fully saturated rings. The van der Waals surface area contributed by atoms with Crippen molar-refractivity contribution in [3.8, 4) is 11.5 Å². The summed E-state index contributed by atoms with van der Waals surface area (Å²) in [6.07, 6.45) is 2.22. The molecule has 0 radical (unpaired) electrons. The number of nitrogens with one attached hydrogen (secondary N) is 1. The number of methoxy groups -OCH3 is 1. The Morgan fingerprint density at radius 1 is 0.955 bits per heavy atom. The first-order chi connectivity index (χ1) is 21.4. The summed E-state index contributed by atoms with van der Waals surface area (Å²) in [5.74, 6) is 1.66. The number of ether oxygens (including phenoxy) is 3. The minimum atomic E-state index is -0.208. The fraction of sp³-hybridized carbons (Fsp3) is 0.389. The Morgan fingerprint density at radius 3 is 2.45 bits per heavy atom. The van der Waals surface area contributed by atoms with Crippen LogP contribution in [0, 0.1) is 0 Å². The second-order valence-electron chi connectivity index (χ2n) is 11.5. The van der Waals surface area contributed by atoms with Crippen molar-refractivity contribution in [2.75, 3.05) is 47.0 Å². The van der Waals surface area contributed by atoms with E-state index in [4.69, 9.17) is 14.2 Å². The zero-order valence-electron chi connectivity index (χ0n) is 26.0. The predicted octanol–water partition coefficient (Wildman–Crippen LogP) is 4.73. The number of hydrogen-bond donors (Lipinski definition) is 1. The van der Waals surface area contributed by atoms with E-state index in [2.05, 4.69) is 17.4 Å². The molecule has 1 saturated heterocycles. The van der Waals surface area contributed by atoms with Crippen LogP contribution in [0.4, 0.5) is 0 Å². The highest BCUT2D eigenvalue weighted by Crippen LogP contribution is 2.34. The quantitative estimate of drug-likeness (QED) is 0.287. The third-order valence-electron chi connectivity index (χ3n) is 8.36. The molecule has 0 spiro atoms. The van der Waals surface area contributed by atoms with Gasteiger partial charge in [-0.3, -0.25) is 9.59 Å².